The lowest BCUT2D eigenvalue weighted by atomic mass is 10.1. The van der Waals surface area contributed by atoms with Crippen molar-refractivity contribution >= 4 is 0 Å². The van der Waals surface area contributed by atoms with Gasteiger partial charge in [0.05, 0.1) is 0 Å². The zero-order chi connectivity index (χ0) is 12.1. The summed E-state index contributed by atoms with van der Waals surface area (Å²) in [6.07, 6.45) is 19.0. The topological polar surface area (TPSA) is 0 Å². The van der Waals surface area contributed by atoms with Crippen molar-refractivity contribution in [2.45, 2.75) is 78.6 Å². The van der Waals surface area contributed by atoms with Crippen LogP contribution in [0.4, 0.5) is 0 Å². The molecule has 0 amide bonds. The van der Waals surface area contributed by atoms with E-state index in [1.165, 1.54) is 56.9 Å². The first kappa shape index (κ1) is 15.5. The molecule has 94 valence electrons. The van der Waals surface area contributed by atoms with E-state index in [-0.39, 0.29) is 0 Å². The molecule has 16 heavy (non-hydrogen) atoms. The Kier molecular flexibility index (Phi) is 12.1. The summed E-state index contributed by atoms with van der Waals surface area (Å²) >= 11 is 0. The molecule has 0 aromatic carbocycles. The smallest absolute Gasteiger partial charge is 0.0311 e. The second-order valence-electron chi connectivity index (χ2n) is 4.50. The molecule has 0 aromatic rings. The average Bonchev–Trinajstić information content (AvgIpc) is 2.31. The van der Waals surface area contributed by atoms with Gasteiger partial charge in [0.25, 0.3) is 0 Å². The number of hydrogen-bond acceptors (Lipinski definition) is 0. The Balaban J connectivity index is 3.42. The number of hydrogen-bond donors (Lipinski definition) is 0. The van der Waals surface area contributed by atoms with Crippen LogP contribution in [0.25, 0.3) is 0 Å². The van der Waals surface area contributed by atoms with Gasteiger partial charge in [0, 0.05) is 0 Å². The molecule has 0 atom stereocenters. The van der Waals surface area contributed by atoms with E-state index in [0.29, 0.717) is 0 Å². The lowest BCUT2D eigenvalue weighted by molar-refractivity contribution is 0.611. The Bertz CT molecular complexity index is 186. The largest absolute Gasteiger partial charge is 0.0843 e. The Hall–Kier alpha value is -0.520. The van der Waals surface area contributed by atoms with Crippen molar-refractivity contribution in [3.05, 3.63) is 23.8 Å². The van der Waals surface area contributed by atoms with E-state index < -0.39 is 0 Å². The van der Waals surface area contributed by atoms with Gasteiger partial charge in [-0.15, -0.1) is 0 Å². The lowest BCUT2D eigenvalue weighted by Crippen LogP contribution is -1.78. The Morgan fingerprint density at radius 3 is 2.19 bits per heavy atom. The lowest BCUT2D eigenvalue weighted by Gasteiger charge is -1.98. The van der Waals surface area contributed by atoms with Crippen LogP contribution in [0.5, 0.6) is 0 Å². The van der Waals surface area contributed by atoms with Gasteiger partial charge in [0.2, 0.25) is 0 Å². The van der Waals surface area contributed by atoms with Gasteiger partial charge in [0.1, 0.15) is 0 Å². The minimum Gasteiger partial charge on any atom is -0.0843 e. The van der Waals surface area contributed by atoms with Gasteiger partial charge in [-0.2, -0.15) is 0 Å². The van der Waals surface area contributed by atoms with Gasteiger partial charge in [-0.05, 0) is 25.7 Å². The van der Waals surface area contributed by atoms with Crippen molar-refractivity contribution in [3.8, 4) is 0 Å². The van der Waals surface area contributed by atoms with Crippen LogP contribution in [0.1, 0.15) is 78.6 Å². The van der Waals surface area contributed by atoms with E-state index in [2.05, 4.69) is 39.0 Å². The highest BCUT2D eigenvalue weighted by Gasteiger charge is 1.89. The Morgan fingerprint density at radius 2 is 1.56 bits per heavy atom. The minimum absolute atomic E-state index is 1.16. The van der Waals surface area contributed by atoms with Gasteiger partial charge >= 0.3 is 0 Å². The summed E-state index contributed by atoms with van der Waals surface area (Å²) in [4.78, 5) is 0. The van der Waals surface area contributed by atoms with Crippen LogP contribution >= 0.6 is 0 Å². The summed E-state index contributed by atoms with van der Waals surface area (Å²) in [5.74, 6) is 0. The highest BCUT2D eigenvalue weighted by molar-refractivity contribution is 5.17. The normalized spacial score (nSPS) is 12.6. The summed E-state index contributed by atoms with van der Waals surface area (Å²) in [5.41, 5.74) is 1.49. The molecule has 0 bridgehead atoms. The highest BCUT2D eigenvalue weighted by atomic mass is 14.0. The summed E-state index contributed by atoms with van der Waals surface area (Å²) in [6.45, 7) is 6.71. The molecule has 0 rings (SSSR count). The van der Waals surface area contributed by atoms with Crippen LogP contribution in [0.2, 0.25) is 0 Å². The maximum Gasteiger partial charge on any atom is -0.0311 e. The predicted octanol–water partition coefficient (Wildman–Crippen LogP) is 6.04. The molecule has 0 radical (unpaired) electrons. The fraction of sp³-hybridized carbons (Fsp3) is 0.750. The van der Waals surface area contributed by atoms with Gasteiger partial charge < -0.3 is 0 Å². The molecule has 0 aromatic heterocycles. The standard InChI is InChI=1S/C16H30/c1-4-7-8-9-10-11-12-13-15-16(6-3)14-5-2/h13-15H,4-12H2,1-3H3/b15-13+,16-14?. The number of rotatable bonds is 10. The first-order valence-corrected chi connectivity index (χ1v) is 7.20. The Morgan fingerprint density at radius 1 is 0.875 bits per heavy atom. The highest BCUT2D eigenvalue weighted by Crippen LogP contribution is 2.09. The molecule has 0 aliphatic carbocycles. The molecule has 0 aliphatic rings. The zero-order valence-corrected chi connectivity index (χ0v) is 11.6. The fourth-order valence-corrected chi connectivity index (χ4v) is 1.87. The van der Waals surface area contributed by atoms with Crippen molar-refractivity contribution in [1.82, 2.24) is 0 Å². The summed E-state index contributed by atoms with van der Waals surface area (Å²) in [6, 6.07) is 0. The van der Waals surface area contributed by atoms with E-state index in [9.17, 15) is 0 Å². The maximum atomic E-state index is 2.35. The van der Waals surface area contributed by atoms with Crippen molar-refractivity contribution in [1.29, 1.82) is 0 Å². The minimum atomic E-state index is 1.16. The van der Waals surface area contributed by atoms with Crippen molar-refractivity contribution in [2.24, 2.45) is 0 Å². The van der Waals surface area contributed by atoms with Gasteiger partial charge in [-0.1, -0.05) is 76.7 Å². The van der Waals surface area contributed by atoms with E-state index in [1.54, 1.807) is 0 Å². The number of unbranched alkanes of at least 4 members (excludes halogenated alkanes) is 6. The first-order valence-electron chi connectivity index (χ1n) is 7.20. The van der Waals surface area contributed by atoms with E-state index in [1.807, 2.05) is 0 Å². The third kappa shape index (κ3) is 10.0. The van der Waals surface area contributed by atoms with Crippen LogP contribution in [0.15, 0.2) is 23.8 Å². The molecule has 0 heterocycles. The van der Waals surface area contributed by atoms with E-state index in [4.69, 9.17) is 0 Å². The zero-order valence-electron chi connectivity index (χ0n) is 11.6. The van der Waals surface area contributed by atoms with Crippen LogP contribution in [0.3, 0.4) is 0 Å². The average molecular weight is 222 g/mol. The summed E-state index contributed by atoms with van der Waals surface area (Å²) in [5, 5.41) is 0. The van der Waals surface area contributed by atoms with Crippen LogP contribution in [-0.4, -0.2) is 0 Å². The fourth-order valence-electron chi connectivity index (χ4n) is 1.87. The molecule has 0 saturated heterocycles. The monoisotopic (exact) mass is 222 g/mol. The SMILES string of the molecule is CCC=C(/C=C/CCCCCCCC)CC. The molecule has 0 aliphatic heterocycles. The molecule has 0 heteroatoms. The van der Waals surface area contributed by atoms with E-state index >= 15 is 0 Å². The van der Waals surface area contributed by atoms with Gasteiger partial charge in [0.15, 0.2) is 0 Å². The summed E-state index contributed by atoms with van der Waals surface area (Å²) < 4.78 is 0. The molecular formula is C16H30. The van der Waals surface area contributed by atoms with Crippen LogP contribution < -0.4 is 0 Å². The molecule has 0 fully saturated rings. The molecule has 0 spiro atoms. The molecule has 0 saturated carbocycles. The maximum absolute atomic E-state index is 2.35. The second-order valence-corrected chi connectivity index (χ2v) is 4.50. The van der Waals surface area contributed by atoms with E-state index in [0.717, 1.165) is 6.42 Å². The first-order chi connectivity index (χ1) is 7.85. The van der Waals surface area contributed by atoms with Crippen LogP contribution in [0, 0.1) is 0 Å². The third-order valence-corrected chi connectivity index (χ3v) is 2.93. The van der Waals surface area contributed by atoms with Crippen molar-refractivity contribution in [3.63, 3.8) is 0 Å². The number of allylic oxidation sites excluding steroid dienone is 4. The Labute approximate surface area is 103 Å². The third-order valence-electron chi connectivity index (χ3n) is 2.93. The summed E-state index contributed by atoms with van der Waals surface area (Å²) in [7, 11) is 0. The molecular weight excluding hydrogens is 192 g/mol. The quantitative estimate of drug-likeness (QED) is 0.312. The predicted molar refractivity (Wildman–Crippen MR) is 75.8 cm³/mol. The molecule has 0 nitrogen and oxygen atoms in total. The van der Waals surface area contributed by atoms with Gasteiger partial charge in [-0.3, -0.25) is 0 Å². The molecule has 0 N–H and O–H groups in total. The second kappa shape index (κ2) is 12.5. The van der Waals surface area contributed by atoms with Crippen LogP contribution in [-0.2, 0) is 0 Å². The molecule has 0 unspecified atom stereocenters. The van der Waals surface area contributed by atoms with Gasteiger partial charge in [-0.25, -0.2) is 0 Å². The van der Waals surface area contributed by atoms with Crippen molar-refractivity contribution in [2.75, 3.05) is 0 Å². The van der Waals surface area contributed by atoms with Crippen molar-refractivity contribution < 1.29 is 0 Å².